The smallest absolute Gasteiger partial charge is 0.219 e. The fourth-order valence-electron chi connectivity index (χ4n) is 2.19. The molecule has 1 atom stereocenters. The summed E-state index contributed by atoms with van der Waals surface area (Å²) in [6.45, 7) is 9.53. The summed E-state index contributed by atoms with van der Waals surface area (Å²) in [4.78, 5) is 4.39. The molecule has 0 aliphatic rings. The van der Waals surface area contributed by atoms with E-state index in [4.69, 9.17) is 4.74 Å². The molecular formula is C18H24N2O. The Bertz CT molecular complexity index is 564. The first-order valence-electron chi connectivity index (χ1n) is 7.57. The van der Waals surface area contributed by atoms with E-state index in [1.54, 1.807) is 0 Å². The Hall–Kier alpha value is -1.87. The van der Waals surface area contributed by atoms with E-state index in [1.165, 1.54) is 11.1 Å². The first-order valence-corrected chi connectivity index (χ1v) is 7.57. The maximum Gasteiger partial charge on any atom is 0.219 e. The molecule has 21 heavy (non-hydrogen) atoms. The van der Waals surface area contributed by atoms with Gasteiger partial charge in [0.05, 0.1) is 0 Å². The van der Waals surface area contributed by atoms with E-state index in [-0.39, 0.29) is 0 Å². The molecule has 0 radical (unpaired) electrons. The van der Waals surface area contributed by atoms with E-state index in [1.807, 2.05) is 24.4 Å². The van der Waals surface area contributed by atoms with Crippen molar-refractivity contribution in [1.82, 2.24) is 10.3 Å². The van der Waals surface area contributed by atoms with Gasteiger partial charge in [-0.1, -0.05) is 39.0 Å². The highest BCUT2D eigenvalue weighted by Crippen LogP contribution is 2.24. The molecule has 0 saturated heterocycles. The van der Waals surface area contributed by atoms with Gasteiger partial charge in [-0.25, -0.2) is 4.98 Å². The third-order valence-corrected chi connectivity index (χ3v) is 3.52. The number of hydrogen-bond donors (Lipinski definition) is 1. The number of pyridine rings is 1. The Morgan fingerprint density at radius 2 is 1.90 bits per heavy atom. The van der Waals surface area contributed by atoms with E-state index >= 15 is 0 Å². The van der Waals surface area contributed by atoms with Crippen molar-refractivity contribution in [2.75, 3.05) is 6.54 Å². The van der Waals surface area contributed by atoms with Gasteiger partial charge in [0.2, 0.25) is 5.88 Å². The number of aromatic nitrogens is 1. The van der Waals surface area contributed by atoms with Crippen LogP contribution in [0.5, 0.6) is 11.6 Å². The van der Waals surface area contributed by atoms with Crippen LogP contribution < -0.4 is 10.1 Å². The van der Waals surface area contributed by atoms with Gasteiger partial charge in [-0.05, 0) is 42.6 Å². The van der Waals surface area contributed by atoms with Crippen LogP contribution in [0.1, 0.15) is 50.8 Å². The molecule has 1 unspecified atom stereocenters. The van der Waals surface area contributed by atoms with Crippen LogP contribution in [0, 0.1) is 0 Å². The summed E-state index contributed by atoms with van der Waals surface area (Å²) < 4.78 is 5.83. The molecule has 3 heteroatoms. The van der Waals surface area contributed by atoms with Crippen LogP contribution in [0.15, 0.2) is 42.6 Å². The average molecular weight is 284 g/mol. The Kier molecular flexibility index (Phi) is 5.34. The highest BCUT2D eigenvalue weighted by Gasteiger charge is 2.06. The van der Waals surface area contributed by atoms with Gasteiger partial charge >= 0.3 is 0 Å². The van der Waals surface area contributed by atoms with Crippen molar-refractivity contribution >= 4 is 0 Å². The normalized spacial score (nSPS) is 12.4. The molecule has 1 heterocycles. The number of nitrogens with one attached hydrogen (secondary N) is 1. The summed E-state index contributed by atoms with van der Waals surface area (Å²) in [5.74, 6) is 1.95. The lowest BCUT2D eigenvalue weighted by Crippen LogP contribution is -2.17. The maximum absolute atomic E-state index is 5.83. The molecule has 3 nitrogen and oxygen atoms in total. The first kappa shape index (κ1) is 15.5. The van der Waals surface area contributed by atoms with Crippen LogP contribution in [0.2, 0.25) is 0 Å². The van der Waals surface area contributed by atoms with Gasteiger partial charge in [-0.2, -0.15) is 0 Å². The largest absolute Gasteiger partial charge is 0.439 e. The van der Waals surface area contributed by atoms with Crippen molar-refractivity contribution in [3.8, 4) is 11.6 Å². The predicted octanol–water partition coefficient (Wildman–Crippen LogP) is 4.67. The van der Waals surface area contributed by atoms with Gasteiger partial charge in [0.1, 0.15) is 5.75 Å². The SMILES string of the molecule is CCNC(C)c1ccc(Oc2cccc(C(C)C)c2)nc1. The van der Waals surface area contributed by atoms with E-state index in [0.29, 0.717) is 17.8 Å². The van der Waals surface area contributed by atoms with Crippen molar-refractivity contribution in [1.29, 1.82) is 0 Å². The highest BCUT2D eigenvalue weighted by atomic mass is 16.5. The minimum Gasteiger partial charge on any atom is -0.439 e. The summed E-state index contributed by atoms with van der Waals surface area (Å²) in [6, 6.07) is 12.5. The number of rotatable bonds is 6. The minimum atomic E-state index is 0.306. The summed E-state index contributed by atoms with van der Waals surface area (Å²) >= 11 is 0. The van der Waals surface area contributed by atoms with Gasteiger partial charge in [-0.3, -0.25) is 0 Å². The number of ether oxygens (including phenoxy) is 1. The maximum atomic E-state index is 5.83. The average Bonchev–Trinajstić information content (AvgIpc) is 2.48. The Morgan fingerprint density at radius 1 is 1.10 bits per heavy atom. The Labute approximate surface area is 127 Å². The number of nitrogens with zero attached hydrogens (tertiary/aromatic N) is 1. The molecule has 2 aromatic rings. The van der Waals surface area contributed by atoms with Crippen molar-refractivity contribution in [2.45, 2.75) is 39.7 Å². The van der Waals surface area contributed by atoms with E-state index in [9.17, 15) is 0 Å². The standard InChI is InChI=1S/C18H24N2O/c1-5-19-14(4)16-9-10-18(20-12-16)21-17-8-6-7-15(11-17)13(2)3/h6-14,19H,5H2,1-4H3. The molecule has 0 bridgehead atoms. The number of hydrogen-bond acceptors (Lipinski definition) is 3. The second kappa shape index (κ2) is 7.23. The van der Waals surface area contributed by atoms with Crippen LogP contribution in [-0.4, -0.2) is 11.5 Å². The Morgan fingerprint density at radius 3 is 2.52 bits per heavy atom. The van der Waals surface area contributed by atoms with Crippen LogP contribution in [0.25, 0.3) is 0 Å². The Balaban J connectivity index is 2.08. The minimum absolute atomic E-state index is 0.306. The van der Waals surface area contributed by atoms with Gasteiger partial charge in [-0.15, -0.1) is 0 Å². The topological polar surface area (TPSA) is 34.1 Å². The number of benzene rings is 1. The molecular weight excluding hydrogens is 260 g/mol. The monoisotopic (exact) mass is 284 g/mol. The summed E-state index contributed by atoms with van der Waals surface area (Å²) in [6.07, 6.45) is 1.87. The van der Waals surface area contributed by atoms with Crippen LogP contribution in [0.3, 0.4) is 0 Å². The zero-order valence-corrected chi connectivity index (χ0v) is 13.3. The molecule has 0 aliphatic carbocycles. The van der Waals surface area contributed by atoms with Crippen LogP contribution in [-0.2, 0) is 0 Å². The summed E-state index contributed by atoms with van der Waals surface area (Å²) in [5.41, 5.74) is 2.44. The second-order valence-electron chi connectivity index (χ2n) is 5.54. The molecule has 1 aromatic heterocycles. The van der Waals surface area contributed by atoms with Gasteiger partial charge in [0.15, 0.2) is 0 Å². The molecule has 112 valence electrons. The summed E-state index contributed by atoms with van der Waals surface area (Å²) in [5, 5.41) is 3.37. The molecule has 1 N–H and O–H groups in total. The highest BCUT2D eigenvalue weighted by molar-refractivity contribution is 5.33. The van der Waals surface area contributed by atoms with E-state index < -0.39 is 0 Å². The lowest BCUT2D eigenvalue weighted by atomic mass is 10.0. The van der Waals surface area contributed by atoms with Crippen LogP contribution >= 0.6 is 0 Å². The molecule has 0 saturated carbocycles. The van der Waals surface area contributed by atoms with Crippen molar-refractivity contribution in [3.63, 3.8) is 0 Å². The third kappa shape index (κ3) is 4.30. The molecule has 0 aliphatic heterocycles. The van der Waals surface area contributed by atoms with Crippen LogP contribution in [0.4, 0.5) is 0 Å². The molecule has 0 spiro atoms. The van der Waals surface area contributed by atoms with Gasteiger partial charge in [0, 0.05) is 18.3 Å². The lowest BCUT2D eigenvalue weighted by molar-refractivity contribution is 0.460. The predicted molar refractivity (Wildman–Crippen MR) is 86.9 cm³/mol. The van der Waals surface area contributed by atoms with E-state index in [2.05, 4.69) is 56.2 Å². The van der Waals surface area contributed by atoms with Gasteiger partial charge in [0.25, 0.3) is 0 Å². The second-order valence-corrected chi connectivity index (χ2v) is 5.54. The first-order chi connectivity index (χ1) is 10.1. The fraction of sp³-hybridized carbons (Fsp3) is 0.389. The van der Waals surface area contributed by atoms with Crippen molar-refractivity contribution in [3.05, 3.63) is 53.7 Å². The third-order valence-electron chi connectivity index (χ3n) is 3.52. The molecule has 0 amide bonds. The molecule has 2 rings (SSSR count). The van der Waals surface area contributed by atoms with Crippen molar-refractivity contribution in [2.24, 2.45) is 0 Å². The molecule has 0 fully saturated rings. The molecule has 1 aromatic carbocycles. The lowest BCUT2D eigenvalue weighted by Gasteiger charge is -2.13. The fourth-order valence-corrected chi connectivity index (χ4v) is 2.19. The van der Waals surface area contributed by atoms with E-state index in [0.717, 1.165) is 12.3 Å². The summed E-state index contributed by atoms with van der Waals surface area (Å²) in [7, 11) is 0. The quantitative estimate of drug-likeness (QED) is 0.837. The zero-order valence-electron chi connectivity index (χ0n) is 13.3. The van der Waals surface area contributed by atoms with Gasteiger partial charge < -0.3 is 10.1 Å². The van der Waals surface area contributed by atoms with Crippen molar-refractivity contribution < 1.29 is 4.74 Å². The zero-order chi connectivity index (χ0) is 15.2.